The maximum absolute atomic E-state index is 11.6. The van der Waals surface area contributed by atoms with Crippen molar-refractivity contribution in [1.82, 2.24) is 0 Å². The second-order valence-electron chi connectivity index (χ2n) is 3.43. The van der Waals surface area contributed by atoms with Gasteiger partial charge in [0.15, 0.2) is 0 Å². The van der Waals surface area contributed by atoms with Crippen molar-refractivity contribution in [2.75, 3.05) is 30.5 Å². The van der Waals surface area contributed by atoms with E-state index in [1.54, 1.807) is 24.3 Å². The Morgan fingerprint density at radius 1 is 1.39 bits per heavy atom. The SMILES string of the molecule is COC(=O)c1ccccc1NC(=O)CSCCN. The summed E-state index contributed by atoms with van der Waals surface area (Å²) in [7, 11) is 1.30. The number of carbonyl (C=O) groups is 2. The Morgan fingerprint density at radius 3 is 2.78 bits per heavy atom. The highest BCUT2D eigenvalue weighted by molar-refractivity contribution is 7.99. The maximum Gasteiger partial charge on any atom is 0.339 e. The predicted molar refractivity (Wildman–Crippen MR) is 72.8 cm³/mol. The van der Waals surface area contributed by atoms with Crippen molar-refractivity contribution in [1.29, 1.82) is 0 Å². The summed E-state index contributed by atoms with van der Waals surface area (Å²) in [6.45, 7) is 0.538. The van der Waals surface area contributed by atoms with Gasteiger partial charge in [-0.3, -0.25) is 4.79 Å². The Kier molecular flexibility index (Phi) is 6.24. The number of benzene rings is 1. The van der Waals surface area contributed by atoms with Crippen LogP contribution in [0.1, 0.15) is 10.4 Å². The van der Waals surface area contributed by atoms with Gasteiger partial charge in [0.2, 0.25) is 5.91 Å². The van der Waals surface area contributed by atoms with E-state index in [9.17, 15) is 9.59 Å². The fourth-order valence-electron chi connectivity index (χ4n) is 1.31. The second-order valence-corrected chi connectivity index (χ2v) is 4.53. The largest absolute Gasteiger partial charge is 0.465 e. The van der Waals surface area contributed by atoms with E-state index >= 15 is 0 Å². The summed E-state index contributed by atoms with van der Waals surface area (Å²) in [5, 5.41) is 2.68. The molecule has 0 unspecified atom stereocenters. The third kappa shape index (κ3) is 4.38. The van der Waals surface area contributed by atoms with Crippen LogP contribution in [0, 0.1) is 0 Å². The number of amides is 1. The summed E-state index contributed by atoms with van der Waals surface area (Å²) in [5.41, 5.74) is 6.14. The lowest BCUT2D eigenvalue weighted by molar-refractivity contribution is -0.113. The molecule has 18 heavy (non-hydrogen) atoms. The molecule has 0 atom stereocenters. The minimum Gasteiger partial charge on any atom is -0.465 e. The number of hydrogen-bond acceptors (Lipinski definition) is 5. The van der Waals surface area contributed by atoms with Crippen LogP contribution in [0.3, 0.4) is 0 Å². The Bertz CT molecular complexity index is 424. The van der Waals surface area contributed by atoms with Gasteiger partial charge in [0, 0.05) is 12.3 Å². The minimum absolute atomic E-state index is 0.162. The molecule has 1 aromatic rings. The zero-order valence-corrected chi connectivity index (χ0v) is 11.0. The number of esters is 1. The van der Waals surface area contributed by atoms with E-state index in [0.29, 0.717) is 23.5 Å². The third-order valence-corrected chi connectivity index (χ3v) is 3.09. The van der Waals surface area contributed by atoms with Gasteiger partial charge in [-0.15, -0.1) is 0 Å². The van der Waals surface area contributed by atoms with Crippen LogP contribution in [0.5, 0.6) is 0 Å². The number of para-hydroxylation sites is 1. The molecule has 1 amide bonds. The fourth-order valence-corrected chi connectivity index (χ4v) is 1.88. The second kappa shape index (κ2) is 7.73. The van der Waals surface area contributed by atoms with Gasteiger partial charge in [-0.05, 0) is 12.1 Å². The van der Waals surface area contributed by atoms with Crippen molar-refractivity contribution in [3.63, 3.8) is 0 Å². The molecule has 0 radical (unpaired) electrons. The molecule has 0 aromatic heterocycles. The molecule has 5 nitrogen and oxygen atoms in total. The molecule has 0 heterocycles. The van der Waals surface area contributed by atoms with E-state index < -0.39 is 5.97 Å². The van der Waals surface area contributed by atoms with Crippen LogP contribution in [-0.2, 0) is 9.53 Å². The number of methoxy groups -OCH3 is 1. The average Bonchev–Trinajstić information content (AvgIpc) is 2.39. The zero-order valence-electron chi connectivity index (χ0n) is 10.1. The van der Waals surface area contributed by atoms with Gasteiger partial charge in [-0.25, -0.2) is 4.79 Å². The molecule has 0 saturated carbocycles. The lowest BCUT2D eigenvalue weighted by Crippen LogP contribution is -2.18. The van der Waals surface area contributed by atoms with Crippen LogP contribution < -0.4 is 11.1 Å². The van der Waals surface area contributed by atoms with Gasteiger partial charge < -0.3 is 15.8 Å². The van der Waals surface area contributed by atoms with E-state index in [0.717, 1.165) is 5.75 Å². The molecular formula is C12H16N2O3S. The molecule has 0 aliphatic heterocycles. The number of thioether (sulfide) groups is 1. The number of nitrogens with one attached hydrogen (secondary N) is 1. The number of hydrogen-bond donors (Lipinski definition) is 2. The summed E-state index contributed by atoms with van der Waals surface area (Å²) < 4.78 is 4.65. The normalized spacial score (nSPS) is 9.89. The first-order chi connectivity index (χ1) is 8.69. The first-order valence-electron chi connectivity index (χ1n) is 5.44. The van der Waals surface area contributed by atoms with Crippen LogP contribution in [0.15, 0.2) is 24.3 Å². The zero-order chi connectivity index (χ0) is 13.4. The summed E-state index contributed by atoms with van der Waals surface area (Å²) in [4.78, 5) is 23.1. The van der Waals surface area contributed by atoms with Crippen molar-refractivity contribution in [3.05, 3.63) is 29.8 Å². The van der Waals surface area contributed by atoms with Gasteiger partial charge in [0.25, 0.3) is 0 Å². The monoisotopic (exact) mass is 268 g/mol. The Balaban J connectivity index is 2.66. The number of nitrogens with two attached hydrogens (primary N) is 1. The Labute approximate surface area is 110 Å². The molecule has 0 fully saturated rings. The first kappa shape index (κ1) is 14.5. The summed E-state index contributed by atoms with van der Waals surface area (Å²) in [5.74, 6) is 0.406. The maximum atomic E-state index is 11.6. The molecule has 98 valence electrons. The number of anilines is 1. The smallest absolute Gasteiger partial charge is 0.339 e. The van der Waals surface area contributed by atoms with Gasteiger partial charge >= 0.3 is 5.97 Å². The molecule has 0 aliphatic carbocycles. The van der Waals surface area contributed by atoms with Gasteiger partial charge in [0.1, 0.15) is 0 Å². The van der Waals surface area contributed by atoms with E-state index in [2.05, 4.69) is 10.1 Å². The van der Waals surface area contributed by atoms with E-state index in [-0.39, 0.29) is 5.91 Å². The molecule has 6 heteroatoms. The van der Waals surface area contributed by atoms with Gasteiger partial charge in [-0.2, -0.15) is 11.8 Å². The molecule has 0 aliphatic rings. The number of carbonyl (C=O) groups excluding carboxylic acids is 2. The first-order valence-corrected chi connectivity index (χ1v) is 6.59. The highest BCUT2D eigenvalue weighted by Crippen LogP contribution is 2.16. The van der Waals surface area contributed by atoms with E-state index in [1.165, 1.54) is 18.9 Å². The van der Waals surface area contributed by atoms with E-state index in [4.69, 9.17) is 5.73 Å². The molecular weight excluding hydrogens is 252 g/mol. The Hall–Kier alpha value is -1.53. The summed E-state index contributed by atoms with van der Waals surface area (Å²) in [6.07, 6.45) is 0. The standard InChI is InChI=1S/C12H16N2O3S/c1-17-12(16)9-4-2-3-5-10(9)14-11(15)8-18-7-6-13/h2-5H,6-8,13H2,1H3,(H,14,15). The van der Waals surface area contributed by atoms with Gasteiger partial charge in [0.05, 0.1) is 24.1 Å². The quantitative estimate of drug-likeness (QED) is 0.596. The highest BCUT2D eigenvalue weighted by Gasteiger charge is 2.12. The molecule has 3 N–H and O–H groups in total. The average molecular weight is 268 g/mol. The molecule has 0 bridgehead atoms. The minimum atomic E-state index is -0.472. The Morgan fingerprint density at radius 2 is 2.11 bits per heavy atom. The number of ether oxygens (including phenoxy) is 1. The van der Waals surface area contributed by atoms with Crippen molar-refractivity contribution >= 4 is 29.3 Å². The topological polar surface area (TPSA) is 81.4 Å². The molecule has 1 aromatic carbocycles. The molecule has 0 spiro atoms. The van der Waals surface area contributed by atoms with Crippen LogP contribution in [-0.4, -0.2) is 37.0 Å². The van der Waals surface area contributed by atoms with Crippen LogP contribution in [0.4, 0.5) is 5.69 Å². The van der Waals surface area contributed by atoms with Crippen molar-refractivity contribution in [2.24, 2.45) is 5.73 Å². The molecule has 0 saturated heterocycles. The van der Waals surface area contributed by atoms with Crippen LogP contribution in [0.2, 0.25) is 0 Å². The lowest BCUT2D eigenvalue weighted by Gasteiger charge is -2.09. The third-order valence-electron chi connectivity index (χ3n) is 2.10. The van der Waals surface area contributed by atoms with Crippen LogP contribution >= 0.6 is 11.8 Å². The van der Waals surface area contributed by atoms with E-state index in [1.807, 2.05) is 0 Å². The lowest BCUT2D eigenvalue weighted by atomic mass is 10.2. The molecule has 1 rings (SSSR count). The summed E-state index contributed by atoms with van der Waals surface area (Å²) in [6, 6.07) is 6.73. The van der Waals surface area contributed by atoms with Crippen molar-refractivity contribution in [3.8, 4) is 0 Å². The van der Waals surface area contributed by atoms with Crippen molar-refractivity contribution in [2.45, 2.75) is 0 Å². The van der Waals surface area contributed by atoms with Gasteiger partial charge in [-0.1, -0.05) is 12.1 Å². The summed E-state index contributed by atoms with van der Waals surface area (Å²) >= 11 is 1.45. The highest BCUT2D eigenvalue weighted by atomic mass is 32.2. The number of rotatable bonds is 6. The fraction of sp³-hybridized carbons (Fsp3) is 0.333. The van der Waals surface area contributed by atoms with Crippen molar-refractivity contribution < 1.29 is 14.3 Å². The predicted octanol–water partition coefficient (Wildman–Crippen LogP) is 1.10. The van der Waals surface area contributed by atoms with Crippen LogP contribution in [0.25, 0.3) is 0 Å².